The predicted molar refractivity (Wildman–Crippen MR) is 71.2 cm³/mol. The molecule has 0 heterocycles. The van der Waals surface area contributed by atoms with Crippen LogP contribution in [0.15, 0.2) is 0 Å². The molecule has 0 aliphatic heterocycles. The SMILES string of the molecule is C[CH2][Ti]([CH2]C)([CH2]C(=O)CC(C)=O)[CH2]C(=O)CC(C)=O. The summed E-state index contributed by atoms with van der Waals surface area (Å²) in [6.45, 7) is 6.86. The number of hydrogen-bond donors (Lipinski definition) is 0. The van der Waals surface area contributed by atoms with Crippen molar-refractivity contribution in [3.8, 4) is 0 Å². The Hall–Kier alpha value is -0.606. The topological polar surface area (TPSA) is 68.3 Å². The van der Waals surface area contributed by atoms with Crippen LogP contribution < -0.4 is 0 Å². The van der Waals surface area contributed by atoms with E-state index in [-0.39, 0.29) is 36.0 Å². The predicted octanol–water partition coefficient (Wildman–Crippen LogP) is 2.95. The first-order chi connectivity index (χ1) is 8.74. The first kappa shape index (κ1) is 18.4. The fraction of sp³-hybridized carbons (Fsp3) is 0.714. The molecule has 0 saturated carbocycles. The molecule has 4 nitrogen and oxygen atoms in total. The minimum absolute atomic E-state index is 0.0199. The Morgan fingerprint density at radius 3 is 1.26 bits per heavy atom. The standard InChI is InChI=1S/2C5H7O2.2C2H5.Ti/c2*1-4(6)3-5(2)7;2*1-2;/h2*1,3H2,2H3;2*1H2,2H3;. The van der Waals surface area contributed by atoms with Crippen molar-refractivity contribution in [3.63, 3.8) is 0 Å². The molecule has 0 atom stereocenters. The van der Waals surface area contributed by atoms with Crippen molar-refractivity contribution in [2.24, 2.45) is 0 Å². The average molecular weight is 304 g/mol. The van der Waals surface area contributed by atoms with Crippen LogP contribution in [0.3, 0.4) is 0 Å². The third kappa shape index (κ3) is 7.53. The summed E-state index contributed by atoms with van der Waals surface area (Å²) in [5, 5.41) is 0. The molecule has 0 aromatic rings. The Balaban J connectivity index is 4.74. The number of hydrogen-bond acceptors (Lipinski definition) is 4. The molecule has 0 aromatic carbocycles. The van der Waals surface area contributed by atoms with E-state index in [9.17, 15) is 19.2 Å². The summed E-state index contributed by atoms with van der Waals surface area (Å²) in [5.41, 5.74) is 0. The normalized spacial score (nSPS) is 11.2. The molecule has 0 unspecified atom stereocenters. The van der Waals surface area contributed by atoms with E-state index in [0.717, 1.165) is 9.45 Å². The van der Waals surface area contributed by atoms with Crippen molar-refractivity contribution in [3.05, 3.63) is 0 Å². The van der Waals surface area contributed by atoms with Crippen LogP contribution in [-0.2, 0) is 35.8 Å². The quantitative estimate of drug-likeness (QED) is 0.459. The zero-order valence-electron chi connectivity index (χ0n) is 12.4. The van der Waals surface area contributed by atoms with E-state index in [1.165, 1.54) is 13.8 Å². The Bertz CT molecular complexity index is 338. The van der Waals surface area contributed by atoms with E-state index >= 15 is 0 Å². The molecule has 108 valence electrons. The third-order valence-electron chi connectivity index (χ3n) is 3.54. The fourth-order valence-electron chi connectivity index (χ4n) is 2.33. The molecule has 0 spiro atoms. The molecule has 5 heteroatoms. The Morgan fingerprint density at radius 2 is 1.05 bits per heavy atom. The molecular formula is C14H24O4Ti. The van der Waals surface area contributed by atoms with Crippen LogP contribution in [-0.4, -0.2) is 23.1 Å². The summed E-state index contributed by atoms with van der Waals surface area (Å²) in [5.74, 6) is -0.314. The van der Waals surface area contributed by atoms with Crippen molar-refractivity contribution in [2.75, 3.05) is 0 Å². The van der Waals surface area contributed by atoms with Crippen molar-refractivity contribution in [2.45, 2.75) is 59.4 Å². The van der Waals surface area contributed by atoms with Crippen LogP contribution >= 0.6 is 0 Å². The molecule has 0 rings (SSSR count). The zero-order chi connectivity index (χ0) is 15.1. The molecule has 19 heavy (non-hydrogen) atoms. The minimum atomic E-state index is -2.57. The number of carbonyl (C=O) groups is 4. The molecular weight excluding hydrogens is 280 g/mol. The summed E-state index contributed by atoms with van der Waals surface area (Å²) in [7, 11) is 0. The van der Waals surface area contributed by atoms with Crippen molar-refractivity contribution in [1.29, 1.82) is 0 Å². The van der Waals surface area contributed by atoms with E-state index in [1.807, 2.05) is 13.8 Å². The zero-order valence-corrected chi connectivity index (χ0v) is 13.9. The number of Topliss-reactive ketones (excluding diaryl/α,β-unsaturated/α-hetero) is 4. The molecule has 0 amide bonds. The van der Waals surface area contributed by atoms with Crippen LogP contribution in [0.2, 0.25) is 18.9 Å². The van der Waals surface area contributed by atoms with Crippen LogP contribution in [0.5, 0.6) is 0 Å². The van der Waals surface area contributed by atoms with Gasteiger partial charge < -0.3 is 0 Å². The van der Waals surface area contributed by atoms with Gasteiger partial charge in [-0.25, -0.2) is 0 Å². The molecule has 0 aliphatic carbocycles. The van der Waals surface area contributed by atoms with Crippen LogP contribution in [0, 0.1) is 0 Å². The van der Waals surface area contributed by atoms with Crippen LogP contribution in [0.1, 0.15) is 40.5 Å². The third-order valence-corrected chi connectivity index (χ3v) is 11.8. The average Bonchev–Trinajstić information content (AvgIpc) is 2.25. The van der Waals surface area contributed by atoms with E-state index in [0.29, 0.717) is 9.45 Å². The van der Waals surface area contributed by atoms with Crippen molar-refractivity contribution in [1.82, 2.24) is 0 Å². The van der Waals surface area contributed by atoms with Gasteiger partial charge in [-0.1, -0.05) is 0 Å². The first-order valence-corrected chi connectivity index (χ1v) is 11.2. The molecule has 0 N–H and O–H groups in total. The molecule has 0 aromatic heterocycles. The van der Waals surface area contributed by atoms with Gasteiger partial charge in [0.2, 0.25) is 0 Å². The van der Waals surface area contributed by atoms with Gasteiger partial charge in [-0.15, -0.1) is 0 Å². The van der Waals surface area contributed by atoms with Crippen molar-refractivity contribution >= 4 is 23.1 Å². The Labute approximate surface area is 118 Å². The Morgan fingerprint density at radius 1 is 0.737 bits per heavy atom. The van der Waals surface area contributed by atoms with E-state index in [4.69, 9.17) is 0 Å². The van der Waals surface area contributed by atoms with Gasteiger partial charge in [-0.3, -0.25) is 0 Å². The van der Waals surface area contributed by atoms with Gasteiger partial charge in [0.05, 0.1) is 0 Å². The summed E-state index contributed by atoms with van der Waals surface area (Å²) in [4.78, 5) is 45.6. The van der Waals surface area contributed by atoms with Gasteiger partial charge in [-0.05, 0) is 0 Å². The first-order valence-electron chi connectivity index (χ1n) is 6.77. The van der Waals surface area contributed by atoms with Gasteiger partial charge in [0.15, 0.2) is 0 Å². The molecule has 0 fully saturated rings. The van der Waals surface area contributed by atoms with E-state index in [2.05, 4.69) is 0 Å². The van der Waals surface area contributed by atoms with Crippen molar-refractivity contribution < 1.29 is 35.8 Å². The second kappa shape index (κ2) is 8.54. The number of carbonyl (C=O) groups excluding carboxylic acids is 4. The molecule has 0 radical (unpaired) electrons. The van der Waals surface area contributed by atoms with Crippen LogP contribution in [0.4, 0.5) is 0 Å². The van der Waals surface area contributed by atoms with Gasteiger partial charge in [0, 0.05) is 0 Å². The second-order valence-electron chi connectivity index (χ2n) is 5.40. The van der Waals surface area contributed by atoms with Crippen LogP contribution in [0.25, 0.3) is 0 Å². The number of ketones is 4. The summed E-state index contributed by atoms with van der Waals surface area (Å²) in [6, 6.07) is 0. The fourth-order valence-corrected chi connectivity index (χ4v) is 7.87. The maximum absolute atomic E-state index is 11.8. The second-order valence-corrected chi connectivity index (χ2v) is 13.4. The van der Waals surface area contributed by atoms with E-state index < -0.39 is 16.6 Å². The van der Waals surface area contributed by atoms with Gasteiger partial charge in [0.1, 0.15) is 0 Å². The van der Waals surface area contributed by atoms with Gasteiger partial charge >= 0.3 is 118 Å². The Kier molecular flexibility index (Phi) is 8.27. The maximum atomic E-state index is 11.8. The summed E-state index contributed by atoms with van der Waals surface area (Å²) in [6.07, 6.45) is -0.0399. The monoisotopic (exact) mass is 304 g/mol. The van der Waals surface area contributed by atoms with Gasteiger partial charge in [-0.2, -0.15) is 0 Å². The summed E-state index contributed by atoms with van der Waals surface area (Å²) < 4.78 is 2.61. The molecule has 0 aliphatic rings. The number of rotatable bonds is 10. The summed E-state index contributed by atoms with van der Waals surface area (Å²) >= 11 is -2.57. The van der Waals surface area contributed by atoms with E-state index in [1.54, 1.807) is 0 Å². The molecule has 0 bridgehead atoms. The molecule has 0 saturated heterocycles. The van der Waals surface area contributed by atoms with Gasteiger partial charge in [0.25, 0.3) is 0 Å².